The summed E-state index contributed by atoms with van der Waals surface area (Å²) in [5, 5.41) is 0. The van der Waals surface area contributed by atoms with Crippen molar-refractivity contribution in [3.63, 3.8) is 0 Å². The Morgan fingerprint density at radius 3 is 2.65 bits per heavy atom. The van der Waals surface area contributed by atoms with Gasteiger partial charge >= 0.3 is 0 Å². The minimum Gasteiger partial charge on any atom is -0.326 e. The largest absolute Gasteiger partial charge is 0.326 e. The van der Waals surface area contributed by atoms with Crippen molar-refractivity contribution < 1.29 is 0 Å². The maximum Gasteiger partial charge on any atom is 0.0256 e. The van der Waals surface area contributed by atoms with Gasteiger partial charge in [0.1, 0.15) is 0 Å². The van der Waals surface area contributed by atoms with E-state index in [4.69, 9.17) is 5.73 Å². The molecule has 3 nitrogen and oxygen atoms in total. The summed E-state index contributed by atoms with van der Waals surface area (Å²) in [5.41, 5.74) is 6.97. The molecule has 0 aromatic carbocycles. The van der Waals surface area contributed by atoms with E-state index in [1.165, 1.54) is 58.2 Å². The number of fused-ring (bicyclic) bond motifs is 1. The van der Waals surface area contributed by atoms with E-state index in [0.29, 0.717) is 23.5 Å². The SMILES string of the molecule is CC1CN2CCCCC2CN1C1CCCC(C)(C)C1N. The molecule has 2 heterocycles. The first-order valence-corrected chi connectivity index (χ1v) is 8.74. The van der Waals surface area contributed by atoms with Crippen molar-refractivity contribution in [1.82, 2.24) is 9.80 Å². The summed E-state index contributed by atoms with van der Waals surface area (Å²) >= 11 is 0. The van der Waals surface area contributed by atoms with Crippen LogP contribution in [0.5, 0.6) is 0 Å². The smallest absolute Gasteiger partial charge is 0.0256 e. The summed E-state index contributed by atoms with van der Waals surface area (Å²) in [7, 11) is 0. The Morgan fingerprint density at radius 2 is 1.85 bits per heavy atom. The highest BCUT2D eigenvalue weighted by atomic mass is 15.3. The molecule has 0 radical (unpaired) electrons. The first-order chi connectivity index (χ1) is 9.49. The molecule has 3 fully saturated rings. The molecule has 0 amide bonds. The molecule has 0 aromatic rings. The summed E-state index contributed by atoms with van der Waals surface area (Å²) < 4.78 is 0. The standard InChI is InChI=1S/C17H33N3/c1-13-11-19-10-5-4-7-14(19)12-20(13)15-8-6-9-17(2,3)16(15)18/h13-16H,4-12,18H2,1-3H3. The van der Waals surface area contributed by atoms with E-state index < -0.39 is 0 Å². The van der Waals surface area contributed by atoms with Crippen LogP contribution in [0.4, 0.5) is 0 Å². The van der Waals surface area contributed by atoms with Gasteiger partial charge in [-0.1, -0.05) is 26.7 Å². The molecule has 116 valence electrons. The zero-order chi connectivity index (χ0) is 14.3. The average Bonchev–Trinajstić information content (AvgIpc) is 2.41. The molecule has 3 rings (SSSR count). The van der Waals surface area contributed by atoms with E-state index in [-0.39, 0.29) is 0 Å². The van der Waals surface area contributed by atoms with Gasteiger partial charge in [0.05, 0.1) is 0 Å². The van der Waals surface area contributed by atoms with Crippen molar-refractivity contribution in [2.75, 3.05) is 19.6 Å². The third-order valence-electron chi connectivity index (χ3n) is 6.30. The predicted octanol–water partition coefficient (Wildman–Crippen LogP) is 2.45. The third kappa shape index (κ3) is 2.65. The first-order valence-electron chi connectivity index (χ1n) is 8.74. The number of piperidine rings is 1. The normalized spacial score (nSPS) is 43.2. The number of nitrogens with two attached hydrogens (primary N) is 1. The number of nitrogens with zero attached hydrogens (tertiary/aromatic N) is 2. The zero-order valence-electron chi connectivity index (χ0n) is 13.6. The Kier molecular flexibility index (Phi) is 4.13. The Hall–Kier alpha value is -0.120. The minimum atomic E-state index is 0.312. The summed E-state index contributed by atoms with van der Waals surface area (Å²) in [6, 6.07) is 2.43. The molecule has 2 N–H and O–H groups in total. The van der Waals surface area contributed by atoms with Gasteiger partial charge in [0.15, 0.2) is 0 Å². The fraction of sp³-hybridized carbons (Fsp3) is 1.00. The topological polar surface area (TPSA) is 32.5 Å². The van der Waals surface area contributed by atoms with Crippen LogP contribution in [-0.2, 0) is 0 Å². The van der Waals surface area contributed by atoms with Crippen LogP contribution < -0.4 is 5.73 Å². The molecule has 0 aromatic heterocycles. The highest BCUT2D eigenvalue weighted by Gasteiger charge is 2.43. The Morgan fingerprint density at radius 1 is 1.05 bits per heavy atom. The van der Waals surface area contributed by atoms with Gasteiger partial charge < -0.3 is 5.73 Å². The van der Waals surface area contributed by atoms with Crippen LogP contribution in [0.3, 0.4) is 0 Å². The van der Waals surface area contributed by atoms with Crippen LogP contribution in [0.25, 0.3) is 0 Å². The summed E-state index contributed by atoms with van der Waals surface area (Å²) in [5.74, 6) is 0. The molecule has 4 unspecified atom stereocenters. The van der Waals surface area contributed by atoms with E-state index in [1.54, 1.807) is 0 Å². The van der Waals surface area contributed by atoms with E-state index >= 15 is 0 Å². The molecule has 1 saturated carbocycles. The molecule has 0 spiro atoms. The van der Waals surface area contributed by atoms with E-state index in [2.05, 4.69) is 30.6 Å². The van der Waals surface area contributed by atoms with Crippen molar-refractivity contribution in [1.29, 1.82) is 0 Å². The van der Waals surface area contributed by atoms with E-state index in [9.17, 15) is 0 Å². The lowest BCUT2D eigenvalue weighted by Gasteiger charge is -2.54. The van der Waals surface area contributed by atoms with Gasteiger partial charge in [-0.3, -0.25) is 9.80 Å². The van der Waals surface area contributed by atoms with Crippen molar-refractivity contribution in [3.05, 3.63) is 0 Å². The predicted molar refractivity (Wildman–Crippen MR) is 84.8 cm³/mol. The van der Waals surface area contributed by atoms with Crippen LogP contribution in [0.15, 0.2) is 0 Å². The molecule has 3 heteroatoms. The molecule has 4 atom stereocenters. The molecule has 20 heavy (non-hydrogen) atoms. The highest BCUT2D eigenvalue weighted by Crippen LogP contribution is 2.38. The van der Waals surface area contributed by atoms with Gasteiger partial charge in [-0.15, -0.1) is 0 Å². The summed E-state index contributed by atoms with van der Waals surface area (Å²) in [6.45, 7) is 11.0. The van der Waals surface area contributed by atoms with Crippen molar-refractivity contribution in [2.45, 2.75) is 83.5 Å². The number of piperazine rings is 1. The lowest BCUT2D eigenvalue weighted by molar-refractivity contribution is -0.0370. The fourth-order valence-corrected chi connectivity index (χ4v) is 4.84. The van der Waals surface area contributed by atoms with E-state index in [0.717, 1.165) is 6.04 Å². The van der Waals surface area contributed by atoms with Gasteiger partial charge in [0.25, 0.3) is 0 Å². The van der Waals surface area contributed by atoms with Gasteiger partial charge in [-0.25, -0.2) is 0 Å². The molecule has 1 aliphatic carbocycles. The van der Waals surface area contributed by atoms with Crippen molar-refractivity contribution >= 4 is 0 Å². The van der Waals surface area contributed by atoms with Crippen molar-refractivity contribution in [3.8, 4) is 0 Å². The molecule has 2 aliphatic heterocycles. The number of hydrogen-bond donors (Lipinski definition) is 1. The summed E-state index contributed by atoms with van der Waals surface area (Å²) in [6.07, 6.45) is 8.17. The Balaban J connectivity index is 1.72. The van der Waals surface area contributed by atoms with Gasteiger partial charge in [0.2, 0.25) is 0 Å². The number of hydrogen-bond acceptors (Lipinski definition) is 3. The quantitative estimate of drug-likeness (QED) is 0.800. The second-order valence-electron chi connectivity index (χ2n) is 8.16. The fourth-order valence-electron chi connectivity index (χ4n) is 4.84. The second kappa shape index (κ2) is 5.58. The zero-order valence-corrected chi connectivity index (χ0v) is 13.6. The Labute approximate surface area is 124 Å². The molecular formula is C17H33N3. The first kappa shape index (κ1) is 14.8. The lowest BCUT2D eigenvalue weighted by Crippen LogP contribution is -2.66. The molecule has 0 bridgehead atoms. The highest BCUT2D eigenvalue weighted by molar-refractivity contribution is 5.00. The average molecular weight is 279 g/mol. The maximum absolute atomic E-state index is 6.66. The molecule has 2 saturated heterocycles. The van der Waals surface area contributed by atoms with Crippen LogP contribution in [0.2, 0.25) is 0 Å². The van der Waals surface area contributed by atoms with Crippen LogP contribution in [0.1, 0.15) is 59.3 Å². The van der Waals surface area contributed by atoms with E-state index in [1.807, 2.05) is 0 Å². The monoisotopic (exact) mass is 279 g/mol. The van der Waals surface area contributed by atoms with Crippen LogP contribution in [-0.4, -0.2) is 53.6 Å². The number of rotatable bonds is 1. The van der Waals surface area contributed by atoms with Gasteiger partial charge in [0, 0.05) is 37.3 Å². The van der Waals surface area contributed by atoms with Crippen LogP contribution >= 0.6 is 0 Å². The lowest BCUT2D eigenvalue weighted by atomic mass is 9.70. The Bertz CT molecular complexity index is 341. The van der Waals surface area contributed by atoms with Crippen molar-refractivity contribution in [2.24, 2.45) is 11.1 Å². The second-order valence-corrected chi connectivity index (χ2v) is 8.16. The maximum atomic E-state index is 6.66. The molecular weight excluding hydrogens is 246 g/mol. The summed E-state index contributed by atoms with van der Waals surface area (Å²) in [4.78, 5) is 5.52. The minimum absolute atomic E-state index is 0.312. The van der Waals surface area contributed by atoms with Gasteiger partial charge in [-0.2, -0.15) is 0 Å². The third-order valence-corrected chi connectivity index (χ3v) is 6.30. The van der Waals surface area contributed by atoms with Crippen LogP contribution in [0, 0.1) is 5.41 Å². The molecule has 3 aliphatic rings. The van der Waals surface area contributed by atoms with Gasteiger partial charge in [-0.05, 0) is 44.6 Å².